The number of H-pyrrole nitrogens is 2. The lowest BCUT2D eigenvalue weighted by molar-refractivity contribution is -0.113. The molecule has 0 aliphatic carbocycles. The molecule has 0 aliphatic heterocycles. The molecule has 1 amide bonds. The van der Waals surface area contributed by atoms with Gasteiger partial charge in [-0.2, -0.15) is 5.10 Å². The fourth-order valence-electron chi connectivity index (χ4n) is 2.16. The molecule has 0 saturated carbocycles. The van der Waals surface area contributed by atoms with E-state index >= 15 is 0 Å². The third-order valence-corrected chi connectivity index (χ3v) is 4.27. The summed E-state index contributed by atoms with van der Waals surface area (Å²) in [7, 11) is 0. The number of fused-ring (bicyclic) bond motifs is 1. The van der Waals surface area contributed by atoms with E-state index in [2.05, 4.69) is 25.5 Å². The lowest BCUT2D eigenvalue weighted by Gasteiger charge is -2.07. The first-order chi connectivity index (χ1) is 11.5. The van der Waals surface area contributed by atoms with Crippen molar-refractivity contribution in [2.45, 2.75) is 24.9 Å². The fraction of sp³-hybridized carbons (Fsp3) is 0.250. The van der Waals surface area contributed by atoms with Gasteiger partial charge in [0.2, 0.25) is 5.91 Å². The van der Waals surface area contributed by atoms with E-state index in [1.54, 1.807) is 6.20 Å². The molecule has 124 valence electrons. The maximum Gasteiger partial charge on any atom is 0.251 e. The third-order valence-electron chi connectivity index (χ3n) is 3.40. The van der Waals surface area contributed by atoms with Gasteiger partial charge in [0, 0.05) is 17.1 Å². The first-order valence-corrected chi connectivity index (χ1v) is 8.47. The Morgan fingerprint density at radius 2 is 2.17 bits per heavy atom. The Morgan fingerprint density at radius 1 is 1.33 bits per heavy atom. The quantitative estimate of drug-likeness (QED) is 0.488. The molecule has 0 aliphatic rings. The number of thioether (sulfide) groups is 1. The van der Waals surface area contributed by atoms with Crippen molar-refractivity contribution in [3.63, 3.8) is 0 Å². The Labute approximate surface area is 142 Å². The summed E-state index contributed by atoms with van der Waals surface area (Å²) in [5.74, 6) is 0.143. The van der Waals surface area contributed by atoms with Crippen molar-refractivity contribution in [3.8, 4) is 0 Å². The molecule has 8 heteroatoms. The van der Waals surface area contributed by atoms with Crippen LogP contribution in [0.2, 0.25) is 0 Å². The van der Waals surface area contributed by atoms with Crippen LogP contribution in [0.3, 0.4) is 0 Å². The van der Waals surface area contributed by atoms with E-state index in [1.165, 1.54) is 17.8 Å². The van der Waals surface area contributed by atoms with E-state index < -0.39 is 0 Å². The van der Waals surface area contributed by atoms with E-state index in [0.29, 0.717) is 16.5 Å². The average Bonchev–Trinajstić information content (AvgIpc) is 3.00. The summed E-state index contributed by atoms with van der Waals surface area (Å²) >= 11 is 1.20. The van der Waals surface area contributed by atoms with Crippen molar-refractivity contribution in [2.75, 3.05) is 11.1 Å². The zero-order valence-electron chi connectivity index (χ0n) is 13.3. The number of benzene rings is 1. The predicted molar refractivity (Wildman–Crippen MR) is 94.4 cm³/mol. The molecular formula is C16H17N5O2S. The highest BCUT2D eigenvalue weighted by atomic mass is 32.2. The van der Waals surface area contributed by atoms with Gasteiger partial charge in [0.1, 0.15) is 0 Å². The molecule has 0 radical (unpaired) electrons. The van der Waals surface area contributed by atoms with Crippen LogP contribution < -0.4 is 10.9 Å². The van der Waals surface area contributed by atoms with Gasteiger partial charge in [0.05, 0.1) is 23.2 Å². The van der Waals surface area contributed by atoms with Crippen molar-refractivity contribution in [2.24, 2.45) is 0 Å². The summed E-state index contributed by atoms with van der Waals surface area (Å²) in [6, 6.07) is 7.01. The second kappa shape index (κ2) is 6.88. The molecule has 0 bridgehead atoms. The average molecular weight is 343 g/mol. The standard InChI is InChI=1S/C16H17N5O2S/c1-9(2)12-6-14(22)20-16(19-12)24-8-15(23)18-11-4-3-10-7-17-21-13(10)5-11/h3-7,9H,8H2,1-2H3,(H,17,21)(H,18,23)(H,19,20,22). The number of nitrogens with one attached hydrogen (secondary N) is 3. The molecule has 0 unspecified atom stereocenters. The van der Waals surface area contributed by atoms with Crippen LogP contribution in [0.1, 0.15) is 25.5 Å². The maximum atomic E-state index is 12.1. The summed E-state index contributed by atoms with van der Waals surface area (Å²) in [4.78, 5) is 30.7. The third kappa shape index (κ3) is 3.83. The summed E-state index contributed by atoms with van der Waals surface area (Å²) in [5, 5.41) is 11.1. The van der Waals surface area contributed by atoms with Crippen LogP contribution in [0, 0.1) is 0 Å². The lowest BCUT2D eigenvalue weighted by atomic mass is 10.1. The summed E-state index contributed by atoms with van der Waals surface area (Å²) < 4.78 is 0. The number of carbonyl (C=O) groups excluding carboxylic acids is 1. The minimum atomic E-state index is -0.207. The molecule has 7 nitrogen and oxygen atoms in total. The minimum Gasteiger partial charge on any atom is -0.325 e. The Kier molecular flexibility index (Phi) is 4.66. The molecule has 3 rings (SSSR count). The number of amides is 1. The van der Waals surface area contributed by atoms with Crippen LogP contribution in [-0.4, -0.2) is 31.8 Å². The molecular weight excluding hydrogens is 326 g/mol. The van der Waals surface area contributed by atoms with Crippen LogP contribution in [0.5, 0.6) is 0 Å². The number of aromatic amines is 2. The number of hydrogen-bond acceptors (Lipinski definition) is 5. The minimum absolute atomic E-state index is 0.154. The van der Waals surface area contributed by atoms with E-state index in [4.69, 9.17) is 0 Å². The van der Waals surface area contributed by atoms with E-state index in [9.17, 15) is 9.59 Å². The molecule has 0 fully saturated rings. The molecule has 2 heterocycles. The van der Waals surface area contributed by atoms with Gasteiger partial charge in [-0.15, -0.1) is 0 Å². The number of hydrogen-bond donors (Lipinski definition) is 3. The summed E-state index contributed by atoms with van der Waals surface area (Å²) in [6.45, 7) is 3.93. The molecule has 24 heavy (non-hydrogen) atoms. The predicted octanol–water partition coefficient (Wildman–Crippen LogP) is 2.50. The highest BCUT2D eigenvalue weighted by Crippen LogP contribution is 2.18. The van der Waals surface area contributed by atoms with Gasteiger partial charge in [0.25, 0.3) is 5.56 Å². The van der Waals surface area contributed by atoms with Gasteiger partial charge in [-0.3, -0.25) is 14.7 Å². The van der Waals surface area contributed by atoms with Gasteiger partial charge in [0.15, 0.2) is 5.16 Å². The Balaban J connectivity index is 1.64. The maximum absolute atomic E-state index is 12.1. The number of anilines is 1. The molecule has 0 saturated heterocycles. The second-order valence-corrected chi connectivity index (χ2v) is 6.60. The van der Waals surface area contributed by atoms with Crippen molar-refractivity contribution in [1.29, 1.82) is 0 Å². The lowest BCUT2D eigenvalue weighted by Crippen LogP contribution is -2.16. The first-order valence-electron chi connectivity index (χ1n) is 7.48. The summed E-state index contributed by atoms with van der Waals surface area (Å²) in [6.07, 6.45) is 1.72. The van der Waals surface area contributed by atoms with Crippen LogP contribution in [0.15, 0.2) is 40.4 Å². The van der Waals surface area contributed by atoms with Crippen LogP contribution >= 0.6 is 11.8 Å². The molecule has 3 N–H and O–H groups in total. The van der Waals surface area contributed by atoms with Gasteiger partial charge in [-0.25, -0.2) is 4.98 Å². The van der Waals surface area contributed by atoms with Crippen LogP contribution in [0.4, 0.5) is 5.69 Å². The van der Waals surface area contributed by atoms with Crippen molar-refractivity contribution in [1.82, 2.24) is 20.2 Å². The molecule has 3 aromatic rings. The van der Waals surface area contributed by atoms with Gasteiger partial charge in [-0.05, 0) is 24.1 Å². The fourth-order valence-corrected chi connectivity index (χ4v) is 2.85. The van der Waals surface area contributed by atoms with Gasteiger partial charge in [-0.1, -0.05) is 25.6 Å². The Morgan fingerprint density at radius 3 is 2.96 bits per heavy atom. The zero-order chi connectivity index (χ0) is 17.1. The topological polar surface area (TPSA) is 104 Å². The Hall–Kier alpha value is -2.61. The smallest absolute Gasteiger partial charge is 0.251 e. The number of carbonyl (C=O) groups is 1. The largest absolute Gasteiger partial charge is 0.325 e. The van der Waals surface area contributed by atoms with Crippen LogP contribution in [0.25, 0.3) is 10.9 Å². The number of nitrogens with zero attached hydrogens (tertiary/aromatic N) is 2. The monoisotopic (exact) mass is 343 g/mol. The molecule has 0 spiro atoms. The first kappa shape index (κ1) is 16.3. The molecule has 2 aromatic heterocycles. The van der Waals surface area contributed by atoms with Gasteiger partial charge < -0.3 is 10.3 Å². The second-order valence-electron chi connectivity index (χ2n) is 5.64. The molecule has 0 atom stereocenters. The van der Waals surface area contributed by atoms with Crippen molar-refractivity contribution in [3.05, 3.63) is 46.5 Å². The SMILES string of the molecule is CC(C)c1cc(=O)[nH]c(SCC(=O)Nc2ccc3cn[nH]c3c2)n1. The summed E-state index contributed by atoms with van der Waals surface area (Å²) in [5.41, 5.74) is 2.05. The van der Waals surface area contributed by atoms with Crippen molar-refractivity contribution < 1.29 is 4.79 Å². The van der Waals surface area contributed by atoms with Crippen LogP contribution in [-0.2, 0) is 4.79 Å². The van der Waals surface area contributed by atoms with E-state index in [0.717, 1.165) is 10.9 Å². The number of rotatable bonds is 5. The van der Waals surface area contributed by atoms with E-state index in [-0.39, 0.29) is 23.1 Å². The van der Waals surface area contributed by atoms with Gasteiger partial charge >= 0.3 is 0 Å². The zero-order valence-corrected chi connectivity index (χ0v) is 14.1. The highest BCUT2D eigenvalue weighted by molar-refractivity contribution is 7.99. The Bertz CT molecular complexity index is 931. The highest BCUT2D eigenvalue weighted by Gasteiger charge is 2.09. The normalized spacial score (nSPS) is 11.1. The van der Waals surface area contributed by atoms with Crippen molar-refractivity contribution >= 4 is 34.3 Å². The molecule has 1 aromatic carbocycles. The number of aromatic nitrogens is 4. The van der Waals surface area contributed by atoms with E-state index in [1.807, 2.05) is 32.0 Å².